The summed E-state index contributed by atoms with van der Waals surface area (Å²) in [6.07, 6.45) is 3.34. The van der Waals surface area contributed by atoms with Crippen LogP contribution in [0.25, 0.3) is 0 Å². The van der Waals surface area contributed by atoms with Gasteiger partial charge in [-0.2, -0.15) is 10.2 Å². The fourth-order valence-corrected chi connectivity index (χ4v) is 1.26. The van der Waals surface area contributed by atoms with E-state index in [1.807, 2.05) is 0 Å². The molecule has 2 heterocycles. The molecule has 0 aliphatic rings. The number of nitrogens with zero attached hydrogens (tertiary/aromatic N) is 4. The van der Waals surface area contributed by atoms with Crippen LogP contribution in [-0.4, -0.2) is 25.5 Å². The largest absolute Gasteiger partial charge is 0.304 e. The molecule has 0 unspecified atom stereocenters. The van der Waals surface area contributed by atoms with Crippen molar-refractivity contribution in [2.24, 2.45) is 14.1 Å². The summed E-state index contributed by atoms with van der Waals surface area (Å²) in [5.74, 6) is 0.317. The monoisotopic (exact) mass is 205 g/mol. The summed E-state index contributed by atoms with van der Waals surface area (Å²) < 4.78 is 3.14. The first-order valence-corrected chi connectivity index (χ1v) is 4.46. The zero-order valence-electron chi connectivity index (χ0n) is 8.51. The molecule has 6 heteroatoms. The lowest BCUT2D eigenvalue weighted by atomic mass is 10.4. The van der Waals surface area contributed by atoms with Gasteiger partial charge in [-0.25, -0.2) is 0 Å². The van der Waals surface area contributed by atoms with E-state index in [0.29, 0.717) is 11.5 Å². The maximum atomic E-state index is 11.7. The number of hydrogen-bond acceptors (Lipinski definition) is 3. The van der Waals surface area contributed by atoms with Crippen molar-refractivity contribution in [2.75, 3.05) is 5.32 Å². The van der Waals surface area contributed by atoms with Gasteiger partial charge in [-0.15, -0.1) is 0 Å². The smallest absolute Gasteiger partial charge is 0.275 e. The molecule has 0 saturated carbocycles. The third-order valence-electron chi connectivity index (χ3n) is 2.01. The van der Waals surface area contributed by atoms with Crippen LogP contribution in [0.5, 0.6) is 0 Å². The fourth-order valence-electron chi connectivity index (χ4n) is 1.26. The normalized spacial score (nSPS) is 10.3. The summed E-state index contributed by atoms with van der Waals surface area (Å²) in [5, 5.41) is 10.6. The molecular formula is C9H11N5O. The van der Waals surface area contributed by atoms with Crippen molar-refractivity contribution in [1.29, 1.82) is 0 Å². The van der Waals surface area contributed by atoms with E-state index in [-0.39, 0.29) is 5.91 Å². The summed E-state index contributed by atoms with van der Waals surface area (Å²) in [5.41, 5.74) is 0.501. The SMILES string of the molecule is Cn1ccc(NC(=O)c2ccnn2C)n1. The van der Waals surface area contributed by atoms with E-state index in [1.54, 1.807) is 43.3 Å². The van der Waals surface area contributed by atoms with Crippen molar-refractivity contribution in [3.05, 3.63) is 30.2 Å². The zero-order valence-corrected chi connectivity index (χ0v) is 8.51. The Kier molecular flexibility index (Phi) is 2.24. The molecule has 0 aliphatic carbocycles. The van der Waals surface area contributed by atoms with Crippen LogP contribution in [0.2, 0.25) is 0 Å². The van der Waals surface area contributed by atoms with Crippen LogP contribution in [0.15, 0.2) is 24.5 Å². The van der Waals surface area contributed by atoms with Crippen LogP contribution in [0.3, 0.4) is 0 Å². The predicted molar refractivity (Wildman–Crippen MR) is 54.4 cm³/mol. The summed E-state index contributed by atoms with van der Waals surface area (Å²) in [6, 6.07) is 3.38. The molecule has 78 valence electrons. The van der Waals surface area contributed by atoms with Crippen LogP contribution in [0, 0.1) is 0 Å². The first kappa shape index (κ1) is 9.45. The third-order valence-corrected chi connectivity index (χ3v) is 2.01. The molecule has 15 heavy (non-hydrogen) atoms. The lowest BCUT2D eigenvalue weighted by Gasteiger charge is -2.01. The van der Waals surface area contributed by atoms with Gasteiger partial charge in [0.1, 0.15) is 5.69 Å². The highest BCUT2D eigenvalue weighted by Gasteiger charge is 2.10. The lowest BCUT2D eigenvalue weighted by Crippen LogP contribution is -2.16. The van der Waals surface area contributed by atoms with E-state index in [1.165, 1.54) is 4.68 Å². The minimum atomic E-state index is -0.214. The number of anilines is 1. The first-order valence-electron chi connectivity index (χ1n) is 4.46. The number of rotatable bonds is 2. The number of aromatic nitrogens is 4. The summed E-state index contributed by atoms with van der Waals surface area (Å²) in [4.78, 5) is 11.7. The Balaban J connectivity index is 2.14. The van der Waals surface area contributed by atoms with Gasteiger partial charge in [-0.1, -0.05) is 0 Å². The van der Waals surface area contributed by atoms with Crippen molar-refractivity contribution in [2.45, 2.75) is 0 Å². The van der Waals surface area contributed by atoms with E-state index < -0.39 is 0 Å². The first-order chi connectivity index (χ1) is 7.16. The van der Waals surface area contributed by atoms with Gasteiger partial charge in [0.05, 0.1) is 0 Å². The lowest BCUT2D eigenvalue weighted by molar-refractivity contribution is 0.101. The molecule has 1 N–H and O–H groups in total. The number of amides is 1. The van der Waals surface area contributed by atoms with Crippen molar-refractivity contribution >= 4 is 11.7 Å². The molecule has 0 aromatic carbocycles. The Hall–Kier alpha value is -2.11. The summed E-state index contributed by atoms with van der Waals surface area (Å²) >= 11 is 0. The molecule has 0 aliphatic heterocycles. The van der Waals surface area contributed by atoms with E-state index in [4.69, 9.17) is 0 Å². The van der Waals surface area contributed by atoms with Crippen molar-refractivity contribution in [1.82, 2.24) is 19.6 Å². The zero-order chi connectivity index (χ0) is 10.8. The van der Waals surface area contributed by atoms with Crippen LogP contribution in [0.1, 0.15) is 10.5 Å². The average Bonchev–Trinajstić information content (AvgIpc) is 2.75. The molecular weight excluding hydrogens is 194 g/mol. The Bertz CT molecular complexity index is 484. The highest BCUT2D eigenvalue weighted by Crippen LogP contribution is 2.04. The second-order valence-electron chi connectivity index (χ2n) is 3.17. The molecule has 0 bridgehead atoms. The van der Waals surface area contributed by atoms with Crippen LogP contribution < -0.4 is 5.32 Å². The number of carbonyl (C=O) groups is 1. The van der Waals surface area contributed by atoms with E-state index in [0.717, 1.165) is 0 Å². The van der Waals surface area contributed by atoms with Crippen LogP contribution in [-0.2, 0) is 14.1 Å². The number of carbonyl (C=O) groups excluding carboxylic acids is 1. The molecule has 0 atom stereocenters. The topological polar surface area (TPSA) is 64.7 Å². The number of hydrogen-bond donors (Lipinski definition) is 1. The minimum Gasteiger partial charge on any atom is -0.304 e. The van der Waals surface area contributed by atoms with Crippen molar-refractivity contribution < 1.29 is 4.79 Å². The average molecular weight is 205 g/mol. The van der Waals surface area contributed by atoms with Gasteiger partial charge in [-0.3, -0.25) is 14.2 Å². The quantitative estimate of drug-likeness (QED) is 0.772. The molecule has 1 amide bonds. The summed E-state index contributed by atoms with van der Waals surface area (Å²) in [7, 11) is 3.51. The van der Waals surface area contributed by atoms with E-state index in [9.17, 15) is 4.79 Å². The molecule has 2 rings (SSSR count). The maximum Gasteiger partial charge on any atom is 0.275 e. The second kappa shape index (κ2) is 3.56. The molecule has 2 aromatic rings. The molecule has 6 nitrogen and oxygen atoms in total. The van der Waals surface area contributed by atoms with Gasteiger partial charge in [-0.05, 0) is 6.07 Å². The van der Waals surface area contributed by atoms with Gasteiger partial charge < -0.3 is 5.32 Å². The Morgan fingerprint density at radius 1 is 1.40 bits per heavy atom. The van der Waals surface area contributed by atoms with Crippen molar-refractivity contribution in [3.63, 3.8) is 0 Å². The highest BCUT2D eigenvalue weighted by atomic mass is 16.2. The fraction of sp³-hybridized carbons (Fsp3) is 0.222. The Morgan fingerprint density at radius 2 is 2.20 bits per heavy atom. The molecule has 2 aromatic heterocycles. The number of aryl methyl sites for hydroxylation is 2. The highest BCUT2D eigenvalue weighted by molar-refractivity contribution is 6.02. The second-order valence-corrected chi connectivity index (χ2v) is 3.17. The van der Waals surface area contributed by atoms with E-state index in [2.05, 4.69) is 15.5 Å². The third kappa shape index (κ3) is 1.88. The Morgan fingerprint density at radius 3 is 2.73 bits per heavy atom. The van der Waals surface area contributed by atoms with Crippen molar-refractivity contribution in [3.8, 4) is 0 Å². The number of nitrogens with one attached hydrogen (secondary N) is 1. The van der Waals surface area contributed by atoms with E-state index >= 15 is 0 Å². The maximum absolute atomic E-state index is 11.7. The van der Waals surface area contributed by atoms with Gasteiger partial charge in [0.2, 0.25) is 0 Å². The van der Waals surface area contributed by atoms with Crippen LogP contribution in [0.4, 0.5) is 5.82 Å². The molecule has 0 radical (unpaired) electrons. The Labute approximate surface area is 86.5 Å². The molecule has 0 spiro atoms. The van der Waals surface area contributed by atoms with Gasteiger partial charge in [0.25, 0.3) is 5.91 Å². The minimum absolute atomic E-state index is 0.214. The van der Waals surface area contributed by atoms with Crippen LogP contribution >= 0.6 is 0 Å². The van der Waals surface area contributed by atoms with Gasteiger partial charge in [0.15, 0.2) is 5.82 Å². The van der Waals surface area contributed by atoms with Gasteiger partial charge in [0, 0.05) is 32.6 Å². The summed E-state index contributed by atoms with van der Waals surface area (Å²) in [6.45, 7) is 0. The van der Waals surface area contributed by atoms with Gasteiger partial charge >= 0.3 is 0 Å². The molecule has 0 fully saturated rings. The molecule has 0 saturated heterocycles. The predicted octanol–water partition coefficient (Wildman–Crippen LogP) is 0.406. The standard InChI is InChI=1S/C9H11N5O/c1-13-6-4-8(12-13)11-9(15)7-3-5-10-14(7)2/h3-6H,1-2H3,(H,11,12,15).